The molecule has 1 unspecified atom stereocenters. The SMILES string of the molecule is CC(Cc1cccs1)Nc1c(N)cnc2ccccc12. The lowest BCUT2D eigenvalue weighted by Crippen LogP contribution is -2.18. The fourth-order valence-corrected chi connectivity index (χ4v) is 3.18. The first-order valence-corrected chi connectivity index (χ1v) is 7.54. The van der Waals surface area contributed by atoms with Crippen molar-refractivity contribution in [3.05, 3.63) is 52.9 Å². The maximum atomic E-state index is 6.09. The second-order valence-electron chi connectivity index (χ2n) is 4.93. The van der Waals surface area contributed by atoms with Gasteiger partial charge in [-0.2, -0.15) is 0 Å². The van der Waals surface area contributed by atoms with Crippen LogP contribution in [0, 0.1) is 0 Å². The number of aromatic nitrogens is 1. The second kappa shape index (κ2) is 5.51. The summed E-state index contributed by atoms with van der Waals surface area (Å²) < 4.78 is 0. The molecule has 102 valence electrons. The molecule has 0 bridgehead atoms. The molecule has 0 saturated heterocycles. The molecule has 0 radical (unpaired) electrons. The van der Waals surface area contributed by atoms with Crippen molar-refractivity contribution in [3.63, 3.8) is 0 Å². The standard InChI is InChI=1S/C16H17N3S/c1-11(9-12-5-4-8-20-12)19-16-13-6-2-3-7-15(13)18-10-14(16)17/h2-8,10-11H,9,17H2,1H3,(H,18,19). The summed E-state index contributed by atoms with van der Waals surface area (Å²) in [6, 6.07) is 12.6. The highest BCUT2D eigenvalue weighted by atomic mass is 32.1. The fraction of sp³-hybridized carbons (Fsp3) is 0.188. The van der Waals surface area contributed by atoms with Crippen LogP contribution in [-0.2, 0) is 6.42 Å². The van der Waals surface area contributed by atoms with Crippen molar-refractivity contribution in [3.8, 4) is 0 Å². The van der Waals surface area contributed by atoms with Crippen LogP contribution in [0.3, 0.4) is 0 Å². The van der Waals surface area contributed by atoms with Crippen LogP contribution in [0.2, 0.25) is 0 Å². The lowest BCUT2D eigenvalue weighted by atomic mass is 10.1. The molecule has 0 aliphatic carbocycles. The number of thiophene rings is 1. The van der Waals surface area contributed by atoms with Crippen LogP contribution in [0.5, 0.6) is 0 Å². The molecule has 0 saturated carbocycles. The number of rotatable bonds is 4. The molecule has 2 aromatic heterocycles. The Balaban J connectivity index is 1.88. The van der Waals surface area contributed by atoms with Crippen LogP contribution in [0.1, 0.15) is 11.8 Å². The van der Waals surface area contributed by atoms with Gasteiger partial charge in [-0.05, 0) is 24.4 Å². The first kappa shape index (κ1) is 12.9. The van der Waals surface area contributed by atoms with E-state index in [1.807, 2.05) is 18.2 Å². The summed E-state index contributed by atoms with van der Waals surface area (Å²) in [6.07, 6.45) is 2.72. The molecule has 3 nitrogen and oxygen atoms in total. The lowest BCUT2D eigenvalue weighted by molar-refractivity contribution is 0.802. The van der Waals surface area contributed by atoms with Gasteiger partial charge in [-0.15, -0.1) is 11.3 Å². The van der Waals surface area contributed by atoms with Crippen LogP contribution in [0.4, 0.5) is 11.4 Å². The van der Waals surface area contributed by atoms with E-state index in [2.05, 4.69) is 40.8 Å². The Morgan fingerprint density at radius 1 is 1.25 bits per heavy atom. The number of hydrogen-bond donors (Lipinski definition) is 2. The predicted molar refractivity (Wildman–Crippen MR) is 87.3 cm³/mol. The van der Waals surface area contributed by atoms with Gasteiger partial charge >= 0.3 is 0 Å². The van der Waals surface area contributed by atoms with E-state index >= 15 is 0 Å². The molecule has 3 N–H and O–H groups in total. The molecule has 3 rings (SSSR count). The monoisotopic (exact) mass is 283 g/mol. The molecule has 0 aliphatic heterocycles. The maximum absolute atomic E-state index is 6.09. The molecule has 20 heavy (non-hydrogen) atoms. The average Bonchev–Trinajstić information content (AvgIpc) is 2.95. The number of hydrogen-bond acceptors (Lipinski definition) is 4. The number of nitrogens with two attached hydrogens (primary N) is 1. The minimum absolute atomic E-state index is 0.321. The van der Waals surface area contributed by atoms with E-state index in [1.54, 1.807) is 17.5 Å². The number of nitrogen functional groups attached to an aromatic ring is 1. The quantitative estimate of drug-likeness (QED) is 0.763. The van der Waals surface area contributed by atoms with Gasteiger partial charge in [0.1, 0.15) is 0 Å². The van der Waals surface area contributed by atoms with Crippen molar-refractivity contribution in [2.24, 2.45) is 0 Å². The van der Waals surface area contributed by atoms with Gasteiger partial charge in [-0.1, -0.05) is 24.3 Å². The van der Waals surface area contributed by atoms with Gasteiger partial charge in [-0.3, -0.25) is 4.98 Å². The van der Waals surface area contributed by atoms with Gasteiger partial charge in [0.05, 0.1) is 23.1 Å². The second-order valence-corrected chi connectivity index (χ2v) is 5.97. The number of benzene rings is 1. The van der Waals surface area contributed by atoms with Gasteiger partial charge in [0.25, 0.3) is 0 Å². The third-order valence-electron chi connectivity index (χ3n) is 3.28. The molecule has 1 atom stereocenters. The van der Waals surface area contributed by atoms with Gasteiger partial charge in [0.15, 0.2) is 0 Å². The Morgan fingerprint density at radius 2 is 2.10 bits per heavy atom. The smallest absolute Gasteiger partial charge is 0.0743 e. The van der Waals surface area contributed by atoms with Crippen molar-refractivity contribution >= 4 is 33.6 Å². The largest absolute Gasteiger partial charge is 0.396 e. The number of nitrogens with zero attached hydrogens (tertiary/aromatic N) is 1. The Hall–Kier alpha value is -2.07. The molecule has 0 amide bonds. The minimum Gasteiger partial charge on any atom is -0.396 e. The third-order valence-corrected chi connectivity index (χ3v) is 4.18. The van der Waals surface area contributed by atoms with Crippen molar-refractivity contribution in [1.29, 1.82) is 0 Å². The van der Waals surface area contributed by atoms with Crippen LogP contribution >= 0.6 is 11.3 Å². The minimum atomic E-state index is 0.321. The van der Waals surface area contributed by atoms with Crippen LogP contribution in [0.25, 0.3) is 10.9 Å². The normalized spacial score (nSPS) is 12.4. The van der Waals surface area contributed by atoms with Gasteiger partial charge < -0.3 is 11.1 Å². The van der Waals surface area contributed by atoms with Gasteiger partial charge in [-0.25, -0.2) is 0 Å². The Morgan fingerprint density at radius 3 is 2.90 bits per heavy atom. The number of fused-ring (bicyclic) bond motifs is 1. The zero-order chi connectivity index (χ0) is 13.9. The highest BCUT2D eigenvalue weighted by molar-refractivity contribution is 7.09. The number of para-hydroxylation sites is 1. The molecule has 0 spiro atoms. The summed E-state index contributed by atoms with van der Waals surface area (Å²) in [6.45, 7) is 2.17. The molecule has 4 heteroatoms. The molecular weight excluding hydrogens is 266 g/mol. The van der Waals surface area contributed by atoms with E-state index in [9.17, 15) is 0 Å². The van der Waals surface area contributed by atoms with E-state index in [0.29, 0.717) is 11.7 Å². The Labute approximate surface area is 122 Å². The molecule has 3 aromatic rings. The Bertz CT molecular complexity index is 707. The summed E-state index contributed by atoms with van der Waals surface area (Å²) in [7, 11) is 0. The number of anilines is 2. The van der Waals surface area contributed by atoms with E-state index in [1.165, 1.54) is 4.88 Å². The number of nitrogens with one attached hydrogen (secondary N) is 1. The molecular formula is C16H17N3S. The van der Waals surface area contributed by atoms with E-state index < -0.39 is 0 Å². The zero-order valence-corrected chi connectivity index (χ0v) is 12.2. The predicted octanol–water partition coefficient (Wildman–Crippen LogP) is 3.92. The first-order chi connectivity index (χ1) is 9.74. The zero-order valence-electron chi connectivity index (χ0n) is 11.3. The topological polar surface area (TPSA) is 50.9 Å². The summed E-state index contributed by atoms with van der Waals surface area (Å²) in [5.41, 5.74) is 8.73. The van der Waals surface area contributed by atoms with Crippen molar-refractivity contribution < 1.29 is 0 Å². The fourth-order valence-electron chi connectivity index (χ4n) is 2.35. The molecule has 2 heterocycles. The third kappa shape index (κ3) is 2.60. The highest BCUT2D eigenvalue weighted by Gasteiger charge is 2.10. The van der Waals surface area contributed by atoms with E-state index in [0.717, 1.165) is 23.0 Å². The van der Waals surface area contributed by atoms with Crippen LogP contribution < -0.4 is 11.1 Å². The summed E-state index contributed by atoms with van der Waals surface area (Å²) in [5.74, 6) is 0. The van der Waals surface area contributed by atoms with E-state index in [-0.39, 0.29) is 0 Å². The van der Waals surface area contributed by atoms with Crippen molar-refractivity contribution in [1.82, 2.24) is 4.98 Å². The lowest BCUT2D eigenvalue weighted by Gasteiger charge is -2.17. The maximum Gasteiger partial charge on any atom is 0.0743 e. The van der Waals surface area contributed by atoms with Crippen LogP contribution in [-0.4, -0.2) is 11.0 Å². The van der Waals surface area contributed by atoms with E-state index in [4.69, 9.17) is 5.73 Å². The number of pyridine rings is 1. The van der Waals surface area contributed by atoms with Crippen LogP contribution in [0.15, 0.2) is 48.0 Å². The summed E-state index contributed by atoms with van der Waals surface area (Å²) in [5, 5.41) is 6.72. The Kier molecular flexibility index (Phi) is 3.56. The summed E-state index contributed by atoms with van der Waals surface area (Å²) >= 11 is 1.79. The summed E-state index contributed by atoms with van der Waals surface area (Å²) in [4.78, 5) is 5.74. The molecule has 1 aromatic carbocycles. The molecule has 0 fully saturated rings. The van der Waals surface area contributed by atoms with Crippen molar-refractivity contribution in [2.75, 3.05) is 11.1 Å². The first-order valence-electron chi connectivity index (χ1n) is 6.66. The van der Waals surface area contributed by atoms with Gasteiger partial charge in [0, 0.05) is 22.7 Å². The molecule has 0 aliphatic rings. The average molecular weight is 283 g/mol. The van der Waals surface area contributed by atoms with Gasteiger partial charge in [0.2, 0.25) is 0 Å². The highest BCUT2D eigenvalue weighted by Crippen LogP contribution is 2.28. The van der Waals surface area contributed by atoms with Crippen molar-refractivity contribution in [2.45, 2.75) is 19.4 Å².